The predicted octanol–water partition coefficient (Wildman–Crippen LogP) is 3.64. The number of rotatable bonds is 7. The van der Waals surface area contributed by atoms with E-state index >= 15 is 0 Å². The Kier molecular flexibility index (Phi) is 6.50. The van der Waals surface area contributed by atoms with Gasteiger partial charge in [0.2, 0.25) is 5.95 Å². The summed E-state index contributed by atoms with van der Waals surface area (Å²) in [6, 6.07) is 16.2. The number of carboxylic acids is 1. The van der Waals surface area contributed by atoms with Crippen molar-refractivity contribution in [2.45, 2.75) is 40.3 Å². The molecule has 0 fully saturated rings. The van der Waals surface area contributed by atoms with E-state index in [0.717, 1.165) is 32.3 Å². The third-order valence-electron chi connectivity index (χ3n) is 6.17. The highest BCUT2D eigenvalue weighted by molar-refractivity contribution is 5.83. The molecule has 9 heteroatoms. The van der Waals surface area contributed by atoms with Crippen molar-refractivity contribution in [1.29, 1.82) is 0 Å². The van der Waals surface area contributed by atoms with Crippen molar-refractivity contribution >= 4 is 28.5 Å². The monoisotopic (exact) mass is 473 g/mol. The minimum atomic E-state index is -1.10. The minimum absolute atomic E-state index is 0.0754. The first-order valence-electron chi connectivity index (χ1n) is 11.3. The van der Waals surface area contributed by atoms with Gasteiger partial charge in [0.1, 0.15) is 0 Å². The molecule has 9 nitrogen and oxygen atoms in total. The lowest BCUT2D eigenvalue weighted by Crippen LogP contribution is -2.46. The van der Waals surface area contributed by atoms with Gasteiger partial charge in [-0.2, -0.15) is 4.98 Å². The Morgan fingerprint density at radius 3 is 2.40 bits per heavy atom. The van der Waals surface area contributed by atoms with Crippen LogP contribution in [0.5, 0.6) is 0 Å². The molecule has 180 valence electrons. The second-order valence-corrected chi connectivity index (χ2v) is 8.79. The van der Waals surface area contributed by atoms with Gasteiger partial charge in [-0.25, -0.2) is 14.2 Å². The van der Waals surface area contributed by atoms with Crippen LogP contribution in [0.2, 0.25) is 0 Å². The van der Waals surface area contributed by atoms with Gasteiger partial charge in [0.15, 0.2) is 0 Å². The van der Waals surface area contributed by atoms with Crippen molar-refractivity contribution in [2.75, 3.05) is 5.32 Å². The first kappa shape index (κ1) is 23.9. The van der Waals surface area contributed by atoms with Gasteiger partial charge in [-0.15, -0.1) is 0 Å². The van der Waals surface area contributed by atoms with Crippen LogP contribution in [-0.2, 0) is 11.3 Å². The molecule has 0 spiro atoms. The molecule has 4 aromatic rings. The molecule has 0 radical (unpaired) electrons. The van der Waals surface area contributed by atoms with E-state index in [-0.39, 0.29) is 12.5 Å². The molecule has 0 aliphatic carbocycles. The number of hydrogen-bond acceptors (Lipinski definition) is 6. The van der Waals surface area contributed by atoms with Crippen LogP contribution in [0, 0.1) is 19.8 Å². The molecule has 0 saturated heterocycles. The molecule has 2 atom stereocenters. The maximum absolute atomic E-state index is 13.5. The number of benzene rings is 2. The average molecular weight is 474 g/mol. The number of aryl methyl sites for hydroxylation is 2. The van der Waals surface area contributed by atoms with Crippen molar-refractivity contribution in [3.05, 3.63) is 92.4 Å². The van der Waals surface area contributed by atoms with E-state index in [0.29, 0.717) is 5.69 Å². The third-order valence-corrected chi connectivity index (χ3v) is 6.17. The summed E-state index contributed by atoms with van der Waals surface area (Å²) in [7, 11) is 0. The van der Waals surface area contributed by atoms with Crippen LogP contribution >= 0.6 is 0 Å². The number of carbonyl (C=O) groups is 1. The van der Waals surface area contributed by atoms with Crippen LogP contribution in [0.25, 0.3) is 10.9 Å². The zero-order valence-electron chi connectivity index (χ0n) is 20.0. The predicted molar refractivity (Wildman–Crippen MR) is 134 cm³/mol. The lowest BCUT2D eigenvalue weighted by atomic mass is 10.0. The number of hydrogen-bond donors (Lipinski definition) is 2. The highest BCUT2D eigenvalue weighted by atomic mass is 16.4. The minimum Gasteiger partial charge on any atom is -0.481 e. The van der Waals surface area contributed by atoms with E-state index in [4.69, 9.17) is 0 Å². The summed E-state index contributed by atoms with van der Waals surface area (Å²) in [6.07, 6.45) is 0. The number of anilines is 2. The van der Waals surface area contributed by atoms with Crippen molar-refractivity contribution < 1.29 is 9.90 Å². The van der Waals surface area contributed by atoms with Gasteiger partial charge < -0.3 is 10.4 Å². The van der Waals surface area contributed by atoms with Crippen molar-refractivity contribution in [2.24, 2.45) is 5.92 Å². The molecule has 35 heavy (non-hydrogen) atoms. The van der Waals surface area contributed by atoms with E-state index in [1.165, 1.54) is 18.4 Å². The van der Waals surface area contributed by atoms with Crippen LogP contribution in [0.1, 0.15) is 36.7 Å². The second-order valence-electron chi connectivity index (χ2n) is 8.79. The summed E-state index contributed by atoms with van der Waals surface area (Å²) in [4.78, 5) is 46.6. The summed E-state index contributed by atoms with van der Waals surface area (Å²) in [5.74, 6) is -1.98. The van der Waals surface area contributed by atoms with Gasteiger partial charge >= 0.3 is 17.3 Å². The zero-order chi connectivity index (χ0) is 25.3. The normalized spacial score (nSPS) is 12.9. The smallest absolute Gasteiger partial charge is 0.355 e. The van der Waals surface area contributed by atoms with Crippen LogP contribution in [0.4, 0.5) is 11.6 Å². The Labute approximate surface area is 201 Å². The number of carboxylic acid groups (broad SMARTS) is 1. The Bertz CT molecular complexity index is 1520. The quantitative estimate of drug-likeness (QED) is 0.420. The molecule has 0 amide bonds. The third kappa shape index (κ3) is 4.98. The van der Waals surface area contributed by atoms with E-state index < -0.39 is 29.3 Å². The maximum atomic E-state index is 13.5. The molecule has 0 aliphatic rings. The molecule has 1 unspecified atom stereocenters. The SMILES string of the molecule is Cc1ccc(Cn2c(Nc3ccc4nc(C)ccc4c3)nc(=O)n(C(C)[C@@H](C)C(=O)O)c2=O)cc1. The van der Waals surface area contributed by atoms with Gasteiger partial charge in [-0.3, -0.25) is 14.3 Å². The van der Waals surface area contributed by atoms with Crippen LogP contribution < -0.4 is 16.7 Å². The number of pyridine rings is 1. The first-order chi connectivity index (χ1) is 16.6. The van der Waals surface area contributed by atoms with E-state index in [1.54, 1.807) is 6.07 Å². The molecule has 2 N–H and O–H groups in total. The van der Waals surface area contributed by atoms with Crippen LogP contribution in [0.3, 0.4) is 0 Å². The Morgan fingerprint density at radius 1 is 1.00 bits per heavy atom. The lowest BCUT2D eigenvalue weighted by molar-refractivity contribution is -0.142. The Hall–Kier alpha value is -4.27. The van der Waals surface area contributed by atoms with Crippen LogP contribution in [-0.4, -0.2) is 30.2 Å². The van der Waals surface area contributed by atoms with E-state index in [1.807, 2.05) is 62.4 Å². The molecule has 2 aromatic heterocycles. The summed E-state index contributed by atoms with van der Waals surface area (Å²) in [5, 5.41) is 13.4. The fourth-order valence-electron chi connectivity index (χ4n) is 3.83. The molecule has 4 rings (SSSR count). The van der Waals surface area contributed by atoms with E-state index in [2.05, 4.69) is 15.3 Å². The number of fused-ring (bicyclic) bond motifs is 1. The number of nitrogens with zero attached hydrogens (tertiary/aromatic N) is 4. The Balaban J connectivity index is 1.82. The number of aromatic nitrogens is 4. The summed E-state index contributed by atoms with van der Waals surface area (Å²) in [6.45, 7) is 7.03. The fraction of sp³-hybridized carbons (Fsp3) is 0.269. The van der Waals surface area contributed by atoms with Gasteiger partial charge in [-0.1, -0.05) is 35.9 Å². The number of aliphatic carboxylic acids is 1. The van der Waals surface area contributed by atoms with Crippen molar-refractivity contribution in [1.82, 2.24) is 19.1 Å². The Morgan fingerprint density at radius 2 is 1.71 bits per heavy atom. The molecular weight excluding hydrogens is 446 g/mol. The first-order valence-corrected chi connectivity index (χ1v) is 11.3. The second kappa shape index (κ2) is 9.54. The standard InChI is InChI=1S/C26H27N5O4/c1-15-5-8-19(9-6-15)14-30-24(28-21-11-12-22-20(13-21)10-7-16(2)27-22)29-25(34)31(26(30)35)18(4)17(3)23(32)33/h5-13,17-18H,14H2,1-4H3,(H,32,33)(H,28,29,34)/t17-,18?/m1/s1. The number of nitrogens with one attached hydrogen (secondary N) is 1. The molecule has 0 saturated carbocycles. The van der Waals surface area contributed by atoms with Gasteiger partial charge in [0.25, 0.3) is 0 Å². The zero-order valence-corrected chi connectivity index (χ0v) is 20.0. The van der Waals surface area contributed by atoms with E-state index in [9.17, 15) is 19.5 Å². The lowest BCUT2D eigenvalue weighted by Gasteiger charge is -2.21. The van der Waals surface area contributed by atoms with Gasteiger partial charge in [-0.05, 0) is 57.5 Å². The van der Waals surface area contributed by atoms with Gasteiger partial charge in [0.05, 0.1) is 24.0 Å². The highest BCUT2D eigenvalue weighted by Gasteiger charge is 2.26. The fourth-order valence-corrected chi connectivity index (χ4v) is 3.83. The largest absolute Gasteiger partial charge is 0.481 e. The molecule has 0 bridgehead atoms. The molecule has 2 heterocycles. The molecule has 2 aromatic carbocycles. The molecule has 0 aliphatic heterocycles. The maximum Gasteiger partial charge on any atom is 0.355 e. The topological polar surface area (TPSA) is 119 Å². The highest BCUT2D eigenvalue weighted by Crippen LogP contribution is 2.21. The molecular formula is C26H27N5O4. The summed E-state index contributed by atoms with van der Waals surface area (Å²) in [5.41, 5.74) is 2.84. The average Bonchev–Trinajstić information content (AvgIpc) is 2.82. The van der Waals surface area contributed by atoms with Crippen LogP contribution in [0.15, 0.2) is 64.2 Å². The van der Waals surface area contributed by atoms with Gasteiger partial charge in [0, 0.05) is 16.8 Å². The van der Waals surface area contributed by atoms with Crippen molar-refractivity contribution in [3.8, 4) is 0 Å². The van der Waals surface area contributed by atoms with Crippen molar-refractivity contribution in [3.63, 3.8) is 0 Å². The summed E-state index contributed by atoms with van der Waals surface area (Å²) >= 11 is 0. The summed E-state index contributed by atoms with van der Waals surface area (Å²) < 4.78 is 2.26.